The Hall–Kier alpha value is -2.85. The number of nitrogens with one attached hydrogen (secondary N) is 2. The van der Waals surface area contributed by atoms with Crippen LogP contribution in [0.15, 0.2) is 53.4 Å². The molecule has 1 aromatic heterocycles. The lowest BCUT2D eigenvalue weighted by molar-refractivity contribution is 0.102. The van der Waals surface area contributed by atoms with E-state index >= 15 is 0 Å². The molecule has 7 nitrogen and oxygen atoms in total. The second-order valence-corrected chi connectivity index (χ2v) is 9.43. The predicted octanol–water partition coefficient (Wildman–Crippen LogP) is 3.93. The third-order valence-corrected chi connectivity index (χ3v) is 6.05. The van der Waals surface area contributed by atoms with Crippen molar-refractivity contribution in [2.45, 2.75) is 25.2 Å². The fraction of sp³-hybridized carbons (Fsp3) is 0.211. The van der Waals surface area contributed by atoms with Gasteiger partial charge in [-0.25, -0.2) is 12.8 Å². The Morgan fingerprint density at radius 2 is 1.72 bits per heavy atom. The van der Waals surface area contributed by atoms with Gasteiger partial charge in [-0.2, -0.15) is 0 Å². The van der Waals surface area contributed by atoms with Crippen LogP contribution in [0.1, 0.15) is 29.2 Å². The molecule has 2 aromatic carbocycles. The summed E-state index contributed by atoms with van der Waals surface area (Å²) in [4.78, 5) is 12.3. The Bertz CT molecular complexity index is 1100. The normalized spacial score (nSPS) is 11.4. The molecule has 0 saturated heterocycles. The molecule has 0 aliphatic carbocycles. The highest BCUT2D eigenvalue weighted by atomic mass is 32.2. The third kappa shape index (κ3) is 5.58. The summed E-state index contributed by atoms with van der Waals surface area (Å²) in [6, 6.07) is 10.4. The zero-order chi connectivity index (χ0) is 21.0. The Balaban J connectivity index is 1.65. The number of carbonyl (C=O) groups excluding carboxylic acids is 1. The highest BCUT2D eigenvalue weighted by Gasteiger charge is 2.15. The summed E-state index contributed by atoms with van der Waals surface area (Å²) in [6.07, 6.45) is 0.788. The van der Waals surface area contributed by atoms with Gasteiger partial charge in [0.25, 0.3) is 15.9 Å². The number of carbonyl (C=O) groups is 1. The second kappa shape index (κ2) is 8.66. The van der Waals surface area contributed by atoms with Gasteiger partial charge in [-0.05, 0) is 54.4 Å². The van der Waals surface area contributed by atoms with E-state index in [0.717, 1.165) is 23.6 Å². The lowest BCUT2D eigenvalue weighted by Crippen LogP contribution is -2.14. The van der Waals surface area contributed by atoms with Gasteiger partial charge in [0.05, 0.1) is 4.90 Å². The third-order valence-electron chi connectivity index (χ3n) is 3.79. The molecule has 0 bridgehead atoms. The SMILES string of the molecule is CC(C)Cc1nnc(NC(=O)c2ccc(NS(=O)(=O)c3ccc(F)cc3)cc2)s1. The molecular formula is C19H19FN4O3S2. The van der Waals surface area contributed by atoms with Gasteiger partial charge in [-0.3, -0.25) is 14.8 Å². The van der Waals surface area contributed by atoms with Crippen LogP contribution in [0.5, 0.6) is 0 Å². The van der Waals surface area contributed by atoms with Gasteiger partial charge < -0.3 is 0 Å². The molecular weight excluding hydrogens is 415 g/mol. The number of hydrogen-bond donors (Lipinski definition) is 2. The molecule has 0 spiro atoms. The summed E-state index contributed by atoms with van der Waals surface area (Å²) in [6.45, 7) is 4.15. The van der Waals surface area contributed by atoms with E-state index < -0.39 is 15.8 Å². The van der Waals surface area contributed by atoms with Crippen LogP contribution < -0.4 is 10.0 Å². The standard InChI is InChI=1S/C19H19FN4O3S2/c1-12(2)11-17-22-23-19(28-17)21-18(25)13-3-7-15(8-4-13)24-29(26,27)16-9-5-14(20)6-10-16/h3-10,12,24H,11H2,1-2H3,(H,21,23,25). The lowest BCUT2D eigenvalue weighted by atomic mass is 10.1. The molecule has 1 amide bonds. The van der Waals surface area contributed by atoms with Gasteiger partial charge >= 0.3 is 0 Å². The molecule has 0 unspecified atom stereocenters. The quantitative estimate of drug-likeness (QED) is 0.587. The molecule has 0 radical (unpaired) electrons. The Morgan fingerprint density at radius 1 is 1.07 bits per heavy atom. The van der Waals surface area contributed by atoms with Crippen molar-refractivity contribution in [3.63, 3.8) is 0 Å². The van der Waals surface area contributed by atoms with Crippen LogP contribution in [0.4, 0.5) is 15.2 Å². The van der Waals surface area contributed by atoms with Crippen LogP contribution in [-0.2, 0) is 16.4 Å². The van der Waals surface area contributed by atoms with Gasteiger partial charge in [0.1, 0.15) is 10.8 Å². The molecule has 152 valence electrons. The molecule has 0 saturated carbocycles. The Kier molecular flexibility index (Phi) is 6.23. The molecule has 0 aliphatic heterocycles. The van der Waals surface area contributed by atoms with E-state index in [2.05, 4.69) is 34.1 Å². The fourth-order valence-corrected chi connectivity index (χ4v) is 4.43. The summed E-state index contributed by atoms with van der Waals surface area (Å²) >= 11 is 1.32. The Labute approximate surface area is 172 Å². The highest BCUT2D eigenvalue weighted by Crippen LogP contribution is 2.20. The average Bonchev–Trinajstić information content (AvgIpc) is 3.08. The minimum absolute atomic E-state index is 0.0609. The van der Waals surface area contributed by atoms with Gasteiger partial charge in [0, 0.05) is 17.7 Å². The summed E-state index contributed by atoms with van der Waals surface area (Å²) in [7, 11) is -3.85. The first-order valence-corrected chi connectivity index (χ1v) is 11.0. The molecule has 3 rings (SSSR count). The number of anilines is 2. The molecule has 0 atom stereocenters. The van der Waals surface area contributed by atoms with Crippen molar-refractivity contribution in [1.29, 1.82) is 0 Å². The maximum Gasteiger partial charge on any atom is 0.261 e. The molecule has 1 heterocycles. The summed E-state index contributed by atoms with van der Waals surface area (Å²) < 4.78 is 40.0. The smallest absolute Gasteiger partial charge is 0.261 e. The topological polar surface area (TPSA) is 101 Å². The molecule has 2 N–H and O–H groups in total. The molecule has 0 fully saturated rings. The van der Waals surface area contributed by atoms with E-state index in [4.69, 9.17) is 0 Å². The lowest BCUT2D eigenvalue weighted by Gasteiger charge is -2.09. The number of benzene rings is 2. The van der Waals surface area contributed by atoms with Crippen LogP contribution in [0.2, 0.25) is 0 Å². The number of amides is 1. The average molecular weight is 435 g/mol. The zero-order valence-corrected chi connectivity index (χ0v) is 17.3. The first-order chi connectivity index (χ1) is 13.7. The number of hydrogen-bond acceptors (Lipinski definition) is 6. The van der Waals surface area contributed by atoms with Gasteiger partial charge in [-0.1, -0.05) is 25.2 Å². The summed E-state index contributed by atoms with van der Waals surface area (Å²) in [5.41, 5.74) is 0.622. The molecule has 0 aliphatic rings. The minimum Gasteiger partial charge on any atom is -0.296 e. The first-order valence-electron chi connectivity index (χ1n) is 8.75. The molecule has 10 heteroatoms. The minimum atomic E-state index is -3.85. The van der Waals surface area contributed by atoms with Crippen LogP contribution in [0.25, 0.3) is 0 Å². The summed E-state index contributed by atoms with van der Waals surface area (Å²) in [5.74, 6) is -0.450. The summed E-state index contributed by atoms with van der Waals surface area (Å²) in [5, 5.41) is 11.9. The number of aromatic nitrogens is 2. The fourth-order valence-electron chi connectivity index (χ4n) is 2.42. The maximum absolute atomic E-state index is 13.0. The number of halogens is 1. The van der Waals surface area contributed by atoms with E-state index in [0.29, 0.717) is 16.6 Å². The van der Waals surface area contributed by atoms with E-state index in [9.17, 15) is 17.6 Å². The van der Waals surface area contributed by atoms with Crippen molar-refractivity contribution in [2.75, 3.05) is 10.0 Å². The first kappa shape index (κ1) is 20.9. The van der Waals surface area contributed by atoms with Crippen molar-refractivity contribution >= 4 is 38.1 Å². The predicted molar refractivity (Wildman–Crippen MR) is 110 cm³/mol. The van der Waals surface area contributed by atoms with Crippen LogP contribution in [-0.4, -0.2) is 24.5 Å². The van der Waals surface area contributed by atoms with Gasteiger partial charge in [0.2, 0.25) is 5.13 Å². The number of sulfonamides is 1. The van der Waals surface area contributed by atoms with Crippen molar-refractivity contribution in [3.05, 3.63) is 64.9 Å². The van der Waals surface area contributed by atoms with E-state index in [1.165, 1.54) is 47.7 Å². The Morgan fingerprint density at radius 3 is 2.34 bits per heavy atom. The van der Waals surface area contributed by atoms with Crippen molar-refractivity contribution in [3.8, 4) is 0 Å². The van der Waals surface area contributed by atoms with Crippen molar-refractivity contribution in [2.24, 2.45) is 5.92 Å². The van der Waals surface area contributed by atoms with Crippen molar-refractivity contribution < 1.29 is 17.6 Å². The largest absolute Gasteiger partial charge is 0.296 e. The number of nitrogens with zero attached hydrogens (tertiary/aromatic N) is 2. The van der Waals surface area contributed by atoms with E-state index in [-0.39, 0.29) is 16.5 Å². The van der Waals surface area contributed by atoms with Crippen molar-refractivity contribution in [1.82, 2.24) is 10.2 Å². The van der Waals surface area contributed by atoms with Gasteiger partial charge in [-0.15, -0.1) is 10.2 Å². The monoisotopic (exact) mass is 434 g/mol. The van der Waals surface area contributed by atoms with E-state index in [1.807, 2.05) is 0 Å². The maximum atomic E-state index is 13.0. The highest BCUT2D eigenvalue weighted by molar-refractivity contribution is 7.92. The second-order valence-electron chi connectivity index (χ2n) is 6.69. The number of rotatable bonds is 7. The van der Waals surface area contributed by atoms with E-state index in [1.54, 1.807) is 0 Å². The molecule has 29 heavy (non-hydrogen) atoms. The van der Waals surface area contributed by atoms with Gasteiger partial charge in [0.15, 0.2) is 0 Å². The van der Waals surface area contributed by atoms with Crippen LogP contribution in [0, 0.1) is 11.7 Å². The zero-order valence-electron chi connectivity index (χ0n) is 15.7. The molecule has 3 aromatic rings. The van der Waals surface area contributed by atoms with Crippen LogP contribution in [0.3, 0.4) is 0 Å². The van der Waals surface area contributed by atoms with Crippen LogP contribution >= 0.6 is 11.3 Å².